The summed E-state index contributed by atoms with van der Waals surface area (Å²) in [4.78, 5) is 17.2. The van der Waals surface area contributed by atoms with Gasteiger partial charge in [0.15, 0.2) is 0 Å². The predicted octanol–water partition coefficient (Wildman–Crippen LogP) is 1.96. The van der Waals surface area contributed by atoms with E-state index < -0.39 is 10.0 Å². The number of morpholine rings is 1. The van der Waals surface area contributed by atoms with Crippen LogP contribution in [0.1, 0.15) is 17.5 Å². The van der Waals surface area contributed by atoms with E-state index in [1.807, 2.05) is 41.3 Å². The van der Waals surface area contributed by atoms with Crippen LogP contribution in [0.25, 0.3) is 0 Å². The molecule has 2 aromatic rings. The van der Waals surface area contributed by atoms with Gasteiger partial charge in [-0.25, -0.2) is 8.42 Å². The predicted molar refractivity (Wildman–Crippen MR) is 132 cm³/mol. The largest absolute Gasteiger partial charge is 0.378 e. The molecule has 2 fully saturated rings. The zero-order valence-corrected chi connectivity index (χ0v) is 20.2. The number of carbonyl (C=O) groups excluding carboxylic acids is 1. The molecular weight excluding hydrogens is 452 g/mol. The van der Waals surface area contributed by atoms with Crippen molar-refractivity contribution in [1.29, 1.82) is 0 Å². The first-order valence-electron chi connectivity index (χ1n) is 12.1. The van der Waals surface area contributed by atoms with Crippen LogP contribution in [-0.2, 0) is 32.4 Å². The summed E-state index contributed by atoms with van der Waals surface area (Å²) in [6.07, 6.45) is 3.09. The molecule has 182 valence electrons. The Bertz CT molecular complexity index is 1120. The fourth-order valence-electron chi connectivity index (χ4n) is 4.97. The summed E-state index contributed by atoms with van der Waals surface area (Å²) in [7, 11) is -3.50. The maximum Gasteiger partial charge on any atom is 0.243 e. The molecule has 2 aliphatic heterocycles. The van der Waals surface area contributed by atoms with E-state index in [-0.39, 0.29) is 12.5 Å². The third-order valence-electron chi connectivity index (χ3n) is 6.93. The normalized spacial score (nSPS) is 19.7. The molecule has 0 radical (unpaired) electrons. The number of rotatable bonds is 6. The van der Waals surface area contributed by atoms with E-state index in [9.17, 15) is 13.2 Å². The summed E-state index contributed by atoms with van der Waals surface area (Å²) in [6.45, 7) is 5.32. The average molecular weight is 485 g/mol. The van der Waals surface area contributed by atoms with Gasteiger partial charge in [-0.05, 0) is 66.8 Å². The molecule has 8 nitrogen and oxygen atoms in total. The van der Waals surface area contributed by atoms with Crippen LogP contribution in [0.3, 0.4) is 0 Å². The number of nitrogens with zero attached hydrogens (tertiary/aromatic N) is 3. The molecule has 0 spiro atoms. The number of piperazine rings is 1. The highest BCUT2D eigenvalue weighted by molar-refractivity contribution is 7.89. The van der Waals surface area contributed by atoms with Crippen LogP contribution in [-0.4, -0.2) is 82.6 Å². The van der Waals surface area contributed by atoms with Crippen LogP contribution in [0.2, 0.25) is 0 Å². The number of hydrogen-bond acceptors (Lipinski definition) is 6. The van der Waals surface area contributed by atoms with Crippen molar-refractivity contribution < 1.29 is 17.9 Å². The molecule has 2 aromatic carbocycles. The van der Waals surface area contributed by atoms with E-state index in [0.717, 1.165) is 62.5 Å². The van der Waals surface area contributed by atoms with Crippen molar-refractivity contribution in [1.82, 2.24) is 9.21 Å². The smallest absolute Gasteiger partial charge is 0.243 e. The molecule has 0 atom stereocenters. The lowest BCUT2D eigenvalue weighted by atomic mass is 10.1. The Kier molecular flexibility index (Phi) is 6.87. The number of carbonyl (C=O) groups is 1. The topological polar surface area (TPSA) is 82.2 Å². The summed E-state index contributed by atoms with van der Waals surface area (Å²) < 4.78 is 33.2. The van der Waals surface area contributed by atoms with Gasteiger partial charge < -0.3 is 15.0 Å². The van der Waals surface area contributed by atoms with Gasteiger partial charge in [-0.15, -0.1) is 0 Å². The molecule has 2 saturated heterocycles. The van der Waals surface area contributed by atoms with Crippen molar-refractivity contribution in [3.63, 3.8) is 0 Å². The minimum Gasteiger partial charge on any atom is -0.378 e. The van der Waals surface area contributed by atoms with Gasteiger partial charge in [0.25, 0.3) is 0 Å². The lowest BCUT2D eigenvalue weighted by Crippen LogP contribution is -2.50. The van der Waals surface area contributed by atoms with E-state index in [2.05, 4.69) is 10.2 Å². The first kappa shape index (κ1) is 23.3. The molecule has 1 aliphatic carbocycles. The highest BCUT2D eigenvalue weighted by Gasteiger charge is 2.30. The molecule has 3 aliphatic rings. The number of fused-ring (bicyclic) bond motifs is 1. The standard InChI is InChI=1S/C25H32N4O4S/c30-25(26-22-5-7-23(8-6-22)28-14-16-33-17-15-28)19-27-10-12-29(13-11-27)34(31,32)24-9-4-20-2-1-3-21(20)18-24/h4-9,18H,1-3,10-17,19H2,(H,26,30). The molecule has 1 amide bonds. The third kappa shape index (κ3) is 5.12. The lowest BCUT2D eigenvalue weighted by molar-refractivity contribution is -0.117. The Morgan fingerprint density at radius 3 is 2.32 bits per heavy atom. The van der Waals surface area contributed by atoms with Crippen LogP contribution in [0.4, 0.5) is 11.4 Å². The second-order valence-corrected chi connectivity index (χ2v) is 11.1. The summed E-state index contributed by atoms with van der Waals surface area (Å²) in [5.74, 6) is -0.0888. The van der Waals surface area contributed by atoms with E-state index in [1.165, 1.54) is 5.56 Å². The number of anilines is 2. The van der Waals surface area contributed by atoms with Crippen LogP contribution in [0.15, 0.2) is 47.4 Å². The van der Waals surface area contributed by atoms with Gasteiger partial charge in [0.2, 0.25) is 15.9 Å². The summed E-state index contributed by atoms with van der Waals surface area (Å²) in [6, 6.07) is 13.4. The fourth-order valence-corrected chi connectivity index (χ4v) is 6.44. The third-order valence-corrected chi connectivity index (χ3v) is 8.83. The van der Waals surface area contributed by atoms with E-state index in [0.29, 0.717) is 31.1 Å². The highest BCUT2D eigenvalue weighted by atomic mass is 32.2. The summed E-state index contributed by atoms with van der Waals surface area (Å²) in [5.41, 5.74) is 4.32. The van der Waals surface area contributed by atoms with Crippen LogP contribution in [0, 0.1) is 0 Å². The second-order valence-electron chi connectivity index (χ2n) is 9.16. The van der Waals surface area contributed by atoms with Gasteiger partial charge in [0.05, 0.1) is 24.7 Å². The van der Waals surface area contributed by atoms with Gasteiger partial charge >= 0.3 is 0 Å². The summed E-state index contributed by atoms with van der Waals surface area (Å²) >= 11 is 0. The van der Waals surface area contributed by atoms with Gasteiger partial charge in [0.1, 0.15) is 0 Å². The summed E-state index contributed by atoms with van der Waals surface area (Å²) in [5, 5.41) is 2.95. The minimum absolute atomic E-state index is 0.0888. The zero-order chi connectivity index (χ0) is 23.5. The molecule has 0 aromatic heterocycles. The van der Waals surface area contributed by atoms with Crippen LogP contribution in [0.5, 0.6) is 0 Å². The second kappa shape index (κ2) is 10.0. The molecule has 2 heterocycles. The van der Waals surface area contributed by atoms with Gasteiger partial charge in [-0.2, -0.15) is 4.31 Å². The molecular formula is C25H32N4O4S. The maximum absolute atomic E-state index is 13.1. The Morgan fingerprint density at radius 1 is 0.882 bits per heavy atom. The fraction of sp³-hybridized carbons (Fsp3) is 0.480. The number of hydrogen-bond donors (Lipinski definition) is 1. The van der Waals surface area contributed by atoms with E-state index in [4.69, 9.17) is 4.74 Å². The number of sulfonamides is 1. The zero-order valence-electron chi connectivity index (χ0n) is 19.4. The van der Waals surface area contributed by atoms with Crippen molar-refractivity contribution >= 4 is 27.3 Å². The number of ether oxygens (including phenoxy) is 1. The molecule has 1 N–H and O–H groups in total. The Morgan fingerprint density at radius 2 is 1.59 bits per heavy atom. The quantitative estimate of drug-likeness (QED) is 0.675. The molecule has 0 saturated carbocycles. The number of nitrogens with one attached hydrogen (secondary N) is 1. The monoisotopic (exact) mass is 484 g/mol. The SMILES string of the molecule is O=C(CN1CCN(S(=O)(=O)c2ccc3c(c2)CCC3)CC1)Nc1ccc(N2CCOCC2)cc1. The van der Waals surface area contributed by atoms with Crippen molar-refractivity contribution in [2.45, 2.75) is 24.2 Å². The molecule has 34 heavy (non-hydrogen) atoms. The minimum atomic E-state index is -3.50. The van der Waals surface area contributed by atoms with Crippen molar-refractivity contribution in [3.8, 4) is 0 Å². The van der Waals surface area contributed by atoms with Crippen LogP contribution >= 0.6 is 0 Å². The number of amides is 1. The van der Waals surface area contributed by atoms with Gasteiger partial charge in [0, 0.05) is 50.6 Å². The first-order chi connectivity index (χ1) is 16.5. The van der Waals surface area contributed by atoms with Crippen LogP contribution < -0.4 is 10.2 Å². The van der Waals surface area contributed by atoms with Crippen molar-refractivity contribution in [2.24, 2.45) is 0 Å². The molecule has 0 bridgehead atoms. The first-order valence-corrected chi connectivity index (χ1v) is 13.5. The molecule has 0 unspecified atom stereocenters. The molecule has 5 rings (SSSR count). The van der Waals surface area contributed by atoms with Crippen molar-refractivity contribution in [2.75, 3.05) is 69.2 Å². The Labute approximate surface area is 201 Å². The highest BCUT2D eigenvalue weighted by Crippen LogP contribution is 2.27. The van der Waals surface area contributed by atoms with Crippen molar-refractivity contribution in [3.05, 3.63) is 53.6 Å². The van der Waals surface area contributed by atoms with Gasteiger partial charge in [-0.1, -0.05) is 6.07 Å². The Hall–Kier alpha value is -2.46. The number of benzene rings is 2. The lowest BCUT2D eigenvalue weighted by Gasteiger charge is -2.33. The maximum atomic E-state index is 13.1. The van der Waals surface area contributed by atoms with E-state index in [1.54, 1.807) is 10.4 Å². The Balaban J connectivity index is 1.11. The van der Waals surface area contributed by atoms with E-state index >= 15 is 0 Å². The average Bonchev–Trinajstić information content (AvgIpc) is 3.33. The van der Waals surface area contributed by atoms with Gasteiger partial charge in [-0.3, -0.25) is 9.69 Å². The number of aryl methyl sites for hydroxylation is 2. The molecule has 9 heteroatoms.